The fraction of sp³-hybridized carbons (Fsp3) is 0.917. The minimum absolute atomic E-state index is 0.121. The molecule has 0 aromatic carbocycles. The molecule has 0 bridgehead atoms. The van der Waals surface area contributed by atoms with Crippen molar-refractivity contribution in [3.05, 3.63) is 0 Å². The number of hydrogen-bond acceptors (Lipinski definition) is 3. The molecule has 0 aliphatic heterocycles. The van der Waals surface area contributed by atoms with Gasteiger partial charge in [0.25, 0.3) is 0 Å². The maximum Gasteiger partial charge on any atom is 0.343 e. The van der Waals surface area contributed by atoms with E-state index in [-0.39, 0.29) is 12.0 Å². The molecule has 1 fully saturated rings. The van der Waals surface area contributed by atoms with Gasteiger partial charge in [0.05, 0.1) is 6.61 Å². The highest BCUT2D eigenvalue weighted by Crippen LogP contribution is 2.43. The number of hydrogen-bond donors (Lipinski definition) is 1. The zero-order valence-corrected chi connectivity index (χ0v) is 10.3. The average Bonchev–Trinajstić information content (AvgIpc) is 2.15. The maximum absolute atomic E-state index is 13.9. The van der Waals surface area contributed by atoms with E-state index in [4.69, 9.17) is 0 Å². The molecular weight excluding hydrogens is 211 g/mol. The van der Waals surface area contributed by atoms with Gasteiger partial charge in [-0.2, -0.15) is 0 Å². The second kappa shape index (κ2) is 4.70. The van der Waals surface area contributed by atoms with Crippen LogP contribution in [0, 0.1) is 5.41 Å². The van der Waals surface area contributed by atoms with Gasteiger partial charge in [0.2, 0.25) is 6.17 Å². The van der Waals surface area contributed by atoms with Crippen molar-refractivity contribution >= 4 is 5.97 Å². The summed E-state index contributed by atoms with van der Waals surface area (Å²) in [5.41, 5.74) is -1.67. The fourth-order valence-electron chi connectivity index (χ4n) is 2.53. The minimum atomic E-state index is -1.92. The Kier molecular flexibility index (Phi) is 3.94. The third-order valence-electron chi connectivity index (χ3n) is 3.21. The SMILES string of the molecule is CCOC(=O)C(F)C1(O)CCCC(C)(C)C1. The molecule has 4 heteroatoms. The molecule has 1 N–H and O–H groups in total. The summed E-state index contributed by atoms with van der Waals surface area (Å²) in [6, 6.07) is 0. The first-order valence-corrected chi connectivity index (χ1v) is 5.84. The van der Waals surface area contributed by atoms with E-state index in [1.165, 1.54) is 0 Å². The first kappa shape index (κ1) is 13.4. The lowest BCUT2D eigenvalue weighted by molar-refractivity contribution is -0.167. The predicted molar refractivity (Wildman–Crippen MR) is 58.7 cm³/mol. The molecule has 0 amide bonds. The number of carbonyl (C=O) groups excluding carboxylic acids is 1. The van der Waals surface area contributed by atoms with Gasteiger partial charge in [-0.3, -0.25) is 0 Å². The molecule has 2 atom stereocenters. The predicted octanol–water partition coefficient (Wildman–Crippen LogP) is 2.22. The molecule has 0 saturated heterocycles. The zero-order valence-electron chi connectivity index (χ0n) is 10.3. The van der Waals surface area contributed by atoms with Gasteiger partial charge in [-0.1, -0.05) is 13.8 Å². The molecule has 1 rings (SSSR count). The van der Waals surface area contributed by atoms with E-state index in [0.717, 1.165) is 12.8 Å². The van der Waals surface area contributed by atoms with Crippen molar-refractivity contribution in [3.8, 4) is 0 Å². The molecule has 0 spiro atoms. The molecule has 1 saturated carbocycles. The summed E-state index contributed by atoms with van der Waals surface area (Å²) >= 11 is 0. The molecule has 2 unspecified atom stereocenters. The molecule has 3 nitrogen and oxygen atoms in total. The van der Waals surface area contributed by atoms with Crippen LogP contribution >= 0.6 is 0 Å². The van der Waals surface area contributed by atoms with Crippen LogP contribution in [-0.2, 0) is 9.53 Å². The molecule has 0 aromatic rings. The molecule has 16 heavy (non-hydrogen) atoms. The van der Waals surface area contributed by atoms with E-state index in [1.54, 1.807) is 6.92 Å². The molecule has 0 radical (unpaired) electrons. The number of carbonyl (C=O) groups is 1. The number of ether oxygens (including phenoxy) is 1. The van der Waals surface area contributed by atoms with Crippen molar-refractivity contribution in [1.29, 1.82) is 0 Å². The fourth-order valence-corrected chi connectivity index (χ4v) is 2.53. The minimum Gasteiger partial charge on any atom is -0.464 e. The molecule has 0 aromatic heterocycles. The van der Waals surface area contributed by atoms with Crippen molar-refractivity contribution in [2.75, 3.05) is 6.61 Å². The summed E-state index contributed by atoms with van der Waals surface area (Å²) < 4.78 is 18.5. The van der Waals surface area contributed by atoms with Gasteiger partial charge in [0.15, 0.2) is 0 Å². The zero-order chi connectivity index (χ0) is 12.4. The van der Waals surface area contributed by atoms with Gasteiger partial charge in [0.1, 0.15) is 5.60 Å². The van der Waals surface area contributed by atoms with Crippen LogP contribution in [0.15, 0.2) is 0 Å². The van der Waals surface area contributed by atoms with Gasteiger partial charge in [-0.15, -0.1) is 0 Å². The Morgan fingerprint density at radius 3 is 2.62 bits per heavy atom. The number of esters is 1. The Morgan fingerprint density at radius 1 is 1.50 bits per heavy atom. The molecule has 1 aliphatic carbocycles. The Balaban J connectivity index is 2.72. The van der Waals surface area contributed by atoms with Gasteiger partial charge in [-0.05, 0) is 38.0 Å². The number of alkyl halides is 1. The molecule has 1 aliphatic rings. The van der Waals surface area contributed by atoms with Crippen molar-refractivity contribution < 1.29 is 19.0 Å². The van der Waals surface area contributed by atoms with E-state index in [9.17, 15) is 14.3 Å². The highest BCUT2D eigenvalue weighted by atomic mass is 19.1. The standard InChI is InChI=1S/C12H21FO3/c1-4-16-10(14)9(13)12(15)7-5-6-11(2,3)8-12/h9,15H,4-8H2,1-3H3. The number of halogens is 1. The largest absolute Gasteiger partial charge is 0.464 e. The summed E-state index contributed by atoms with van der Waals surface area (Å²) in [6.45, 7) is 5.72. The van der Waals surface area contributed by atoms with E-state index < -0.39 is 17.7 Å². The van der Waals surface area contributed by atoms with Crippen LogP contribution in [0.25, 0.3) is 0 Å². The highest BCUT2D eigenvalue weighted by molar-refractivity contribution is 5.76. The van der Waals surface area contributed by atoms with Crippen LogP contribution in [0.4, 0.5) is 4.39 Å². The summed E-state index contributed by atoms with van der Waals surface area (Å²) in [6.07, 6.45) is 0.400. The first-order chi connectivity index (χ1) is 7.31. The van der Waals surface area contributed by atoms with Crippen molar-refractivity contribution in [2.45, 2.75) is 58.2 Å². The number of rotatable bonds is 3. The van der Waals surface area contributed by atoms with Crippen LogP contribution in [-0.4, -0.2) is 29.5 Å². The summed E-state index contributed by atoms with van der Waals surface area (Å²) in [4.78, 5) is 11.3. The van der Waals surface area contributed by atoms with E-state index in [2.05, 4.69) is 4.74 Å². The molecule has 0 heterocycles. The van der Waals surface area contributed by atoms with Gasteiger partial charge >= 0.3 is 5.97 Å². The monoisotopic (exact) mass is 232 g/mol. The maximum atomic E-state index is 13.9. The third-order valence-corrected chi connectivity index (χ3v) is 3.21. The van der Waals surface area contributed by atoms with Crippen LogP contribution in [0.3, 0.4) is 0 Å². The average molecular weight is 232 g/mol. The Bertz CT molecular complexity index is 265. The van der Waals surface area contributed by atoms with Gasteiger partial charge in [0, 0.05) is 0 Å². The second-order valence-electron chi connectivity index (χ2n) is 5.41. The van der Waals surface area contributed by atoms with Crippen molar-refractivity contribution in [2.24, 2.45) is 5.41 Å². The van der Waals surface area contributed by atoms with Crippen LogP contribution in [0.2, 0.25) is 0 Å². The van der Waals surface area contributed by atoms with E-state index >= 15 is 0 Å². The summed E-state index contributed by atoms with van der Waals surface area (Å²) in [5, 5.41) is 10.2. The lowest BCUT2D eigenvalue weighted by Crippen LogP contribution is -2.50. The molecular formula is C12H21FO3. The van der Waals surface area contributed by atoms with Gasteiger partial charge < -0.3 is 9.84 Å². The topological polar surface area (TPSA) is 46.5 Å². The third kappa shape index (κ3) is 2.94. The Hall–Kier alpha value is -0.640. The van der Waals surface area contributed by atoms with Crippen molar-refractivity contribution in [1.82, 2.24) is 0 Å². The van der Waals surface area contributed by atoms with Crippen LogP contribution in [0.5, 0.6) is 0 Å². The van der Waals surface area contributed by atoms with E-state index in [0.29, 0.717) is 12.8 Å². The first-order valence-electron chi connectivity index (χ1n) is 5.84. The highest BCUT2D eigenvalue weighted by Gasteiger charge is 2.48. The molecule has 94 valence electrons. The lowest BCUT2D eigenvalue weighted by atomic mass is 9.68. The number of aliphatic hydroxyl groups is 1. The Labute approximate surface area is 96.0 Å². The van der Waals surface area contributed by atoms with Gasteiger partial charge in [-0.25, -0.2) is 9.18 Å². The smallest absolute Gasteiger partial charge is 0.343 e. The van der Waals surface area contributed by atoms with Crippen LogP contribution in [0.1, 0.15) is 46.5 Å². The normalized spacial score (nSPS) is 30.8. The summed E-state index contributed by atoms with van der Waals surface area (Å²) in [7, 11) is 0. The lowest BCUT2D eigenvalue weighted by Gasteiger charge is -2.42. The quantitative estimate of drug-likeness (QED) is 0.759. The van der Waals surface area contributed by atoms with E-state index in [1.807, 2.05) is 13.8 Å². The van der Waals surface area contributed by atoms with Crippen molar-refractivity contribution in [3.63, 3.8) is 0 Å². The summed E-state index contributed by atoms with van der Waals surface area (Å²) in [5.74, 6) is -0.942. The second-order valence-corrected chi connectivity index (χ2v) is 5.41. The van der Waals surface area contributed by atoms with Crippen LogP contribution < -0.4 is 0 Å². The Morgan fingerprint density at radius 2 is 2.12 bits per heavy atom.